The molecule has 0 radical (unpaired) electrons. The number of hydrogen-bond donors (Lipinski definition) is 1. The molecular weight excluding hydrogens is 302 g/mol. The number of nitrogens with zero attached hydrogens (tertiary/aromatic N) is 1. The minimum Gasteiger partial charge on any atom is -0.477 e. The molecule has 0 spiro atoms. The molecule has 1 aromatic rings. The Labute approximate surface area is 113 Å². The van der Waals surface area contributed by atoms with Crippen LogP contribution in [0.2, 0.25) is 4.34 Å². The first-order valence-electron chi connectivity index (χ1n) is 5.03. The van der Waals surface area contributed by atoms with Crippen LogP contribution in [0.3, 0.4) is 0 Å². The number of ether oxygens (including phenoxy) is 1. The van der Waals surface area contributed by atoms with Gasteiger partial charge in [-0.25, -0.2) is 13.2 Å². The summed E-state index contributed by atoms with van der Waals surface area (Å²) in [6, 6.07) is 1.18. The summed E-state index contributed by atoms with van der Waals surface area (Å²) in [5, 5.41) is 8.98. The number of sulfonamides is 1. The monoisotopic (exact) mass is 311 g/mol. The third-order valence-corrected chi connectivity index (χ3v) is 5.75. The molecule has 0 amide bonds. The molecule has 9 heteroatoms. The van der Waals surface area contributed by atoms with Crippen LogP contribution in [0, 0.1) is 0 Å². The van der Waals surface area contributed by atoms with E-state index in [1.165, 1.54) is 10.4 Å². The second-order valence-electron chi connectivity index (χ2n) is 3.57. The lowest BCUT2D eigenvalue weighted by Gasteiger charge is -2.25. The highest BCUT2D eigenvalue weighted by Gasteiger charge is 2.32. The number of carboxylic acids is 1. The van der Waals surface area contributed by atoms with Gasteiger partial charge in [0.1, 0.15) is 9.77 Å². The third-order valence-electron chi connectivity index (χ3n) is 2.45. The molecule has 18 heavy (non-hydrogen) atoms. The summed E-state index contributed by atoms with van der Waals surface area (Å²) in [4.78, 5) is 10.5. The molecule has 1 fully saturated rings. The number of carbonyl (C=O) groups is 1. The first kappa shape index (κ1) is 13.8. The van der Waals surface area contributed by atoms with Crippen LogP contribution in [0.15, 0.2) is 11.0 Å². The average Bonchev–Trinajstić information content (AvgIpc) is 2.73. The molecule has 1 N–H and O–H groups in total. The van der Waals surface area contributed by atoms with Gasteiger partial charge in [0.15, 0.2) is 0 Å². The highest BCUT2D eigenvalue weighted by Crippen LogP contribution is 2.32. The fourth-order valence-electron chi connectivity index (χ4n) is 1.61. The second kappa shape index (κ2) is 5.14. The highest BCUT2D eigenvalue weighted by molar-refractivity contribution is 7.89. The van der Waals surface area contributed by atoms with Crippen LogP contribution >= 0.6 is 22.9 Å². The fraction of sp³-hybridized carbons (Fsp3) is 0.444. The number of thiophene rings is 1. The minimum absolute atomic E-state index is 0.138. The highest BCUT2D eigenvalue weighted by atomic mass is 35.5. The van der Waals surface area contributed by atoms with Crippen molar-refractivity contribution < 1.29 is 23.1 Å². The molecule has 6 nitrogen and oxygen atoms in total. The summed E-state index contributed by atoms with van der Waals surface area (Å²) in [7, 11) is -3.82. The largest absolute Gasteiger partial charge is 0.477 e. The van der Waals surface area contributed by atoms with E-state index in [2.05, 4.69) is 0 Å². The Balaban J connectivity index is 2.43. The summed E-state index contributed by atoms with van der Waals surface area (Å²) in [6.45, 7) is 1.04. The normalized spacial score (nSPS) is 17.8. The van der Waals surface area contributed by atoms with Crippen molar-refractivity contribution >= 4 is 38.9 Å². The Bertz CT molecular complexity index is 562. The van der Waals surface area contributed by atoms with Crippen LogP contribution in [0.1, 0.15) is 9.67 Å². The van der Waals surface area contributed by atoms with Crippen molar-refractivity contribution in [2.75, 3.05) is 26.3 Å². The Kier molecular flexibility index (Phi) is 3.93. The average molecular weight is 312 g/mol. The van der Waals surface area contributed by atoms with Crippen LogP contribution in [0.5, 0.6) is 0 Å². The van der Waals surface area contributed by atoms with Crippen molar-refractivity contribution in [3.05, 3.63) is 15.3 Å². The number of morpholine rings is 1. The zero-order valence-corrected chi connectivity index (χ0v) is 11.5. The molecule has 1 aromatic heterocycles. The molecule has 0 unspecified atom stereocenters. The van der Waals surface area contributed by atoms with E-state index in [9.17, 15) is 13.2 Å². The summed E-state index contributed by atoms with van der Waals surface area (Å²) < 4.78 is 31.0. The molecule has 0 bridgehead atoms. The van der Waals surface area contributed by atoms with Gasteiger partial charge in [-0.15, -0.1) is 11.3 Å². The topological polar surface area (TPSA) is 83.9 Å². The standard InChI is InChI=1S/C9H10ClNO5S2/c10-7-5-6(8(17-7)9(12)13)18(14,15)11-1-3-16-4-2-11/h5H,1-4H2,(H,12,13). The lowest BCUT2D eigenvalue weighted by molar-refractivity contribution is 0.0694. The van der Waals surface area contributed by atoms with Gasteiger partial charge in [-0.2, -0.15) is 4.31 Å². The number of hydrogen-bond acceptors (Lipinski definition) is 5. The number of carboxylic acid groups (broad SMARTS) is 1. The van der Waals surface area contributed by atoms with Crippen LogP contribution < -0.4 is 0 Å². The van der Waals surface area contributed by atoms with E-state index in [4.69, 9.17) is 21.4 Å². The Hall–Kier alpha value is -0.670. The second-order valence-corrected chi connectivity index (χ2v) is 7.16. The van der Waals surface area contributed by atoms with Gasteiger partial charge in [0.2, 0.25) is 10.0 Å². The van der Waals surface area contributed by atoms with Crippen molar-refractivity contribution in [2.45, 2.75) is 4.90 Å². The quantitative estimate of drug-likeness (QED) is 0.904. The van der Waals surface area contributed by atoms with Crippen molar-refractivity contribution in [3.8, 4) is 0 Å². The van der Waals surface area contributed by atoms with Gasteiger partial charge in [-0.1, -0.05) is 11.6 Å². The van der Waals surface area contributed by atoms with Crippen molar-refractivity contribution in [2.24, 2.45) is 0 Å². The Morgan fingerprint density at radius 3 is 2.61 bits per heavy atom. The molecule has 1 saturated heterocycles. The first-order chi connectivity index (χ1) is 8.43. The SMILES string of the molecule is O=C(O)c1sc(Cl)cc1S(=O)(=O)N1CCOCC1. The van der Waals surface area contributed by atoms with Crippen molar-refractivity contribution in [3.63, 3.8) is 0 Å². The van der Waals surface area contributed by atoms with Crippen LogP contribution in [-0.2, 0) is 14.8 Å². The molecule has 0 aliphatic carbocycles. The van der Waals surface area contributed by atoms with Gasteiger partial charge in [-0.05, 0) is 6.07 Å². The van der Waals surface area contributed by atoms with E-state index in [-0.39, 0.29) is 27.2 Å². The van der Waals surface area contributed by atoms with Crippen molar-refractivity contribution in [1.29, 1.82) is 0 Å². The molecule has 1 aliphatic rings. The van der Waals surface area contributed by atoms with Gasteiger partial charge in [0.25, 0.3) is 0 Å². The smallest absolute Gasteiger partial charge is 0.347 e. The van der Waals surface area contributed by atoms with E-state index < -0.39 is 16.0 Å². The Morgan fingerprint density at radius 1 is 1.44 bits per heavy atom. The number of halogens is 1. The summed E-state index contributed by atoms with van der Waals surface area (Å²) in [5.74, 6) is -1.29. The molecule has 1 aliphatic heterocycles. The van der Waals surface area contributed by atoms with Crippen LogP contribution in [0.25, 0.3) is 0 Å². The van der Waals surface area contributed by atoms with Crippen LogP contribution in [-0.4, -0.2) is 50.1 Å². The third kappa shape index (κ3) is 2.52. The maximum Gasteiger partial charge on any atom is 0.347 e. The predicted molar refractivity (Wildman–Crippen MR) is 65.9 cm³/mol. The molecule has 2 rings (SSSR count). The van der Waals surface area contributed by atoms with E-state index in [1.54, 1.807) is 0 Å². The minimum atomic E-state index is -3.82. The van der Waals surface area contributed by atoms with Crippen LogP contribution in [0.4, 0.5) is 0 Å². The van der Waals surface area contributed by atoms with Gasteiger partial charge >= 0.3 is 5.97 Å². The molecular formula is C9H10ClNO5S2. The maximum atomic E-state index is 12.3. The van der Waals surface area contributed by atoms with E-state index in [1.807, 2.05) is 0 Å². The summed E-state index contributed by atoms with van der Waals surface area (Å²) in [6.07, 6.45) is 0. The lowest BCUT2D eigenvalue weighted by Crippen LogP contribution is -2.40. The van der Waals surface area contributed by atoms with E-state index in [0.29, 0.717) is 13.2 Å². The number of rotatable bonds is 3. The van der Waals surface area contributed by atoms with Gasteiger partial charge < -0.3 is 9.84 Å². The molecule has 0 saturated carbocycles. The molecule has 100 valence electrons. The van der Waals surface area contributed by atoms with Gasteiger partial charge in [0.05, 0.1) is 17.6 Å². The zero-order valence-electron chi connectivity index (χ0n) is 9.13. The zero-order chi connectivity index (χ0) is 13.3. The summed E-state index contributed by atoms with van der Waals surface area (Å²) >= 11 is 6.44. The van der Waals surface area contributed by atoms with E-state index >= 15 is 0 Å². The fourth-order valence-corrected chi connectivity index (χ4v) is 4.65. The molecule has 0 atom stereocenters. The summed E-state index contributed by atoms with van der Waals surface area (Å²) in [5.41, 5.74) is 0. The van der Waals surface area contributed by atoms with Crippen molar-refractivity contribution in [1.82, 2.24) is 4.31 Å². The lowest BCUT2D eigenvalue weighted by atomic mass is 10.5. The maximum absolute atomic E-state index is 12.3. The predicted octanol–water partition coefficient (Wildman–Crippen LogP) is 1.12. The number of aromatic carboxylic acids is 1. The molecule has 2 heterocycles. The Morgan fingerprint density at radius 2 is 2.06 bits per heavy atom. The molecule has 0 aromatic carbocycles. The first-order valence-corrected chi connectivity index (χ1v) is 7.67. The van der Waals surface area contributed by atoms with Gasteiger partial charge in [0, 0.05) is 13.1 Å². The van der Waals surface area contributed by atoms with E-state index in [0.717, 1.165) is 11.3 Å². The van der Waals surface area contributed by atoms with Gasteiger partial charge in [-0.3, -0.25) is 0 Å².